The maximum absolute atomic E-state index is 12.3. The van der Waals surface area contributed by atoms with Crippen molar-refractivity contribution in [2.75, 3.05) is 13.1 Å². The van der Waals surface area contributed by atoms with Crippen LogP contribution in [0.25, 0.3) is 0 Å². The molecule has 0 spiro atoms. The van der Waals surface area contributed by atoms with Crippen molar-refractivity contribution < 1.29 is 9.59 Å². The van der Waals surface area contributed by atoms with Gasteiger partial charge in [-0.05, 0) is 29.7 Å². The van der Waals surface area contributed by atoms with Crippen LogP contribution in [0.2, 0.25) is 0 Å². The number of carbonyl (C=O) groups excluding carboxylic acids is 2. The Morgan fingerprint density at radius 2 is 1.31 bits per heavy atom. The minimum absolute atomic E-state index is 0.0769. The number of carbonyl (C=O) groups is 2. The van der Waals surface area contributed by atoms with Crippen molar-refractivity contribution in [2.24, 2.45) is 0 Å². The molecule has 0 radical (unpaired) electrons. The fourth-order valence-electron chi connectivity index (χ4n) is 3.32. The molecule has 0 heterocycles. The molecule has 0 bridgehead atoms. The first-order chi connectivity index (χ1) is 14.1. The van der Waals surface area contributed by atoms with E-state index in [0.29, 0.717) is 18.7 Å². The number of rotatable bonds is 8. The molecule has 3 aromatic rings. The van der Waals surface area contributed by atoms with Crippen LogP contribution in [0.4, 0.5) is 0 Å². The van der Waals surface area contributed by atoms with E-state index in [1.54, 1.807) is 6.07 Å². The van der Waals surface area contributed by atoms with Crippen molar-refractivity contribution >= 4 is 11.8 Å². The van der Waals surface area contributed by atoms with Crippen molar-refractivity contribution in [2.45, 2.75) is 19.3 Å². The van der Waals surface area contributed by atoms with Crippen LogP contribution in [0.1, 0.15) is 39.4 Å². The molecule has 4 nitrogen and oxygen atoms in total. The van der Waals surface area contributed by atoms with Crippen LogP contribution in [0, 0.1) is 6.92 Å². The Morgan fingerprint density at radius 3 is 1.90 bits per heavy atom. The maximum Gasteiger partial charge on any atom is 0.251 e. The molecule has 0 aliphatic heterocycles. The Balaban J connectivity index is 1.53. The van der Waals surface area contributed by atoms with E-state index in [2.05, 4.69) is 34.9 Å². The SMILES string of the molecule is Cc1ccccc1C(=O)NCCC(=O)NCC(c1ccccc1)c1ccccc1. The number of amides is 2. The largest absolute Gasteiger partial charge is 0.355 e. The molecule has 29 heavy (non-hydrogen) atoms. The lowest BCUT2D eigenvalue weighted by Gasteiger charge is -2.19. The third-order valence-corrected chi connectivity index (χ3v) is 4.93. The van der Waals surface area contributed by atoms with E-state index in [1.165, 1.54) is 0 Å². The topological polar surface area (TPSA) is 58.2 Å². The van der Waals surface area contributed by atoms with Crippen molar-refractivity contribution in [1.82, 2.24) is 10.6 Å². The van der Waals surface area contributed by atoms with Crippen LogP contribution in [-0.4, -0.2) is 24.9 Å². The zero-order valence-corrected chi connectivity index (χ0v) is 16.6. The van der Waals surface area contributed by atoms with Gasteiger partial charge in [0.05, 0.1) is 0 Å². The molecule has 0 aliphatic carbocycles. The van der Waals surface area contributed by atoms with E-state index in [0.717, 1.165) is 16.7 Å². The lowest BCUT2D eigenvalue weighted by Crippen LogP contribution is -2.33. The first-order valence-electron chi connectivity index (χ1n) is 9.85. The first-order valence-corrected chi connectivity index (χ1v) is 9.85. The zero-order chi connectivity index (χ0) is 20.5. The molecule has 3 aromatic carbocycles. The van der Waals surface area contributed by atoms with Gasteiger partial charge in [-0.2, -0.15) is 0 Å². The zero-order valence-electron chi connectivity index (χ0n) is 16.6. The van der Waals surface area contributed by atoms with E-state index in [1.807, 2.05) is 61.5 Å². The number of nitrogens with one attached hydrogen (secondary N) is 2. The second-order valence-electron chi connectivity index (χ2n) is 7.00. The van der Waals surface area contributed by atoms with Crippen LogP contribution < -0.4 is 10.6 Å². The minimum atomic E-state index is -0.151. The lowest BCUT2D eigenvalue weighted by molar-refractivity contribution is -0.120. The van der Waals surface area contributed by atoms with Gasteiger partial charge in [0, 0.05) is 31.0 Å². The van der Waals surface area contributed by atoms with Gasteiger partial charge >= 0.3 is 0 Å². The molecule has 148 valence electrons. The predicted octanol–water partition coefficient (Wildman–Crippen LogP) is 4.06. The van der Waals surface area contributed by atoms with Gasteiger partial charge in [0.1, 0.15) is 0 Å². The van der Waals surface area contributed by atoms with E-state index in [4.69, 9.17) is 0 Å². The van der Waals surface area contributed by atoms with E-state index in [-0.39, 0.29) is 24.2 Å². The van der Waals surface area contributed by atoms with Crippen LogP contribution >= 0.6 is 0 Å². The van der Waals surface area contributed by atoms with Crippen LogP contribution in [0.15, 0.2) is 84.9 Å². The molecule has 0 aromatic heterocycles. The average molecular weight is 386 g/mol. The third-order valence-electron chi connectivity index (χ3n) is 4.93. The van der Waals surface area contributed by atoms with E-state index in [9.17, 15) is 9.59 Å². The average Bonchev–Trinajstić information content (AvgIpc) is 2.75. The second kappa shape index (κ2) is 10.2. The number of hydrogen-bond donors (Lipinski definition) is 2. The fraction of sp³-hybridized carbons (Fsp3) is 0.200. The van der Waals surface area contributed by atoms with Crippen molar-refractivity contribution in [3.8, 4) is 0 Å². The molecule has 0 saturated carbocycles. The summed E-state index contributed by atoms with van der Waals surface area (Å²) < 4.78 is 0. The first kappa shape index (κ1) is 20.3. The minimum Gasteiger partial charge on any atom is -0.355 e. The normalized spacial score (nSPS) is 10.6. The van der Waals surface area contributed by atoms with Crippen LogP contribution in [0.5, 0.6) is 0 Å². The molecule has 0 aliphatic rings. The molecule has 4 heteroatoms. The third kappa shape index (κ3) is 5.79. The van der Waals surface area contributed by atoms with Crippen molar-refractivity contribution in [3.63, 3.8) is 0 Å². The van der Waals surface area contributed by atoms with Gasteiger partial charge in [0.25, 0.3) is 5.91 Å². The van der Waals surface area contributed by atoms with Gasteiger partial charge < -0.3 is 10.6 Å². The monoisotopic (exact) mass is 386 g/mol. The summed E-state index contributed by atoms with van der Waals surface area (Å²) >= 11 is 0. The molecule has 2 amide bonds. The molecular weight excluding hydrogens is 360 g/mol. The second-order valence-corrected chi connectivity index (χ2v) is 7.00. The highest BCUT2D eigenvalue weighted by Crippen LogP contribution is 2.23. The molecule has 2 N–H and O–H groups in total. The summed E-state index contributed by atoms with van der Waals surface area (Å²) in [5, 5.41) is 5.84. The molecule has 0 unspecified atom stereocenters. The summed E-state index contributed by atoms with van der Waals surface area (Å²) in [5.74, 6) is -0.141. The smallest absolute Gasteiger partial charge is 0.251 e. The Kier molecular flexibility index (Phi) is 7.17. The van der Waals surface area contributed by atoms with Crippen molar-refractivity contribution in [1.29, 1.82) is 0 Å². The summed E-state index contributed by atoms with van der Waals surface area (Å²) in [4.78, 5) is 24.6. The van der Waals surface area contributed by atoms with E-state index >= 15 is 0 Å². The van der Waals surface area contributed by atoms with Crippen LogP contribution in [-0.2, 0) is 4.79 Å². The highest BCUT2D eigenvalue weighted by atomic mass is 16.2. The predicted molar refractivity (Wildman–Crippen MR) is 116 cm³/mol. The summed E-state index contributed by atoms with van der Waals surface area (Å²) in [7, 11) is 0. The molecular formula is C25H26N2O2. The van der Waals surface area contributed by atoms with Gasteiger partial charge in [0.2, 0.25) is 5.91 Å². The van der Waals surface area contributed by atoms with Gasteiger partial charge in [0.15, 0.2) is 0 Å². The molecule has 3 rings (SSSR count). The quantitative estimate of drug-likeness (QED) is 0.613. The Morgan fingerprint density at radius 1 is 0.759 bits per heavy atom. The number of aryl methyl sites for hydroxylation is 1. The molecule has 0 fully saturated rings. The van der Waals surface area contributed by atoms with Gasteiger partial charge in [-0.3, -0.25) is 9.59 Å². The summed E-state index contributed by atoms with van der Waals surface area (Å²) in [6.45, 7) is 2.72. The Labute approximate surface area is 172 Å². The Bertz CT molecular complexity index is 900. The molecule has 0 atom stereocenters. The number of hydrogen-bond acceptors (Lipinski definition) is 2. The summed E-state index contributed by atoms with van der Waals surface area (Å²) in [5.41, 5.74) is 3.88. The van der Waals surface area contributed by atoms with Gasteiger partial charge in [-0.1, -0.05) is 78.9 Å². The fourth-order valence-corrected chi connectivity index (χ4v) is 3.32. The van der Waals surface area contributed by atoms with Gasteiger partial charge in [-0.25, -0.2) is 0 Å². The summed E-state index contributed by atoms with van der Waals surface area (Å²) in [6, 6.07) is 27.7. The highest BCUT2D eigenvalue weighted by Gasteiger charge is 2.15. The standard InChI is InChI=1S/C25H26N2O2/c1-19-10-8-9-15-22(19)25(29)26-17-16-24(28)27-18-23(20-11-4-2-5-12-20)21-13-6-3-7-14-21/h2-15,23H,16-18H2,1H3,(H,26,29)(H,27,28). The molecule has 0 saturated heterocycles. The van der Waals surface area contributed by atoms with Crippen molar-refractivity contribution in [3.05, 3.63) is 107 Å². The van der Waals surface area contributed by atoms with Gasteiger partial charge in [-0.15, -0.1) is 0 Å². The van der Waals surface area contributed by atoms with E-state index < -0.39 is 0 Å². The number of benzene rings is 3. The summed E-state index contributed by atoms with van der Waals surface area (Å²) in [6.07, 6.45) is 0.244. The highest BCUT2D eigenvalue weighted by molar-refractivity contribution is 5.95. The van der Waals surface area contributed by atoms with Crippen LogP contribution in [0.3, 0.4) is 0 Å². The lowest BCUT2D eigenvalue weighted by atomic mass is 9.91. The Hall–Kier alpha value is -3.40. The maximum atomic E-state index is 12.3.